The number of hydrazine groups is 1. The van der Waals surface area contributed by atoms with Crippen LogP contribution in [0.2, 0.25) is 0 Å². The molecule has 2 aromatic carbocycles. The molecule has 3 rings (SSSR count). The molecule has 0 aliphatic heterocycles. The number of nitrogens with one attached hydrogen (secondary N) is 3. The van der Waals surface area contributed by atoms with Crippen molar-refractivity contribution in [3.8, 4) is 0 Å². The molecule has 10 heteroatoms. The number of esters is 1. The lowest BCUT2D eigenvalue weighted by Crippen LogP contribution is -2.39. The average Bonchev–Trinajstić information content (AvgIpc) is 2.78. The molecular formula is C22H23N4O5S+. The van der Waals surface area contributed by atoms with Crippen molar-refractivity contribution in [2.24, 2.45) is 0 Å². The zero-order chi connectivity index (χ0) is 23.1. The van der Waals surface area contributed by atoms with Gasteiger partial charge in [-0.15, -0.1) is 0 Å². The van der Waals surface area contributed by atoms with Gasteiger partial charge < -0.3 is 4.74 Å². The van der Waals surface area contributed by atoms with Gasteiger partial charge in [-0.2, -0.15) is 4.57 Å². The summed E-state index contributed by atoms with van der Waals surface area (Å²) in [5, 5.41) is 0. The van der Waals surface area contributed by atoms with Crippen molar-refractivity contribution in [2.75, 3.05) is 17.3 Å². The highest BCUT2D eigenvalue weighted by atomic mass is 32.2. The first-order valence-corrected chi connectivity index (χ1v) is 11.1. The number of carbonyl (C=O) groups is 2. The van der Waals surface area contributed by atoms with Gasteiger partial charge in [0.1, 0.15) is 5.56 Å². The normalized spacial score (nSPS) is 10.8. The highest BCUT2D eigenvalue weighted by Crippen LogP contribution is 2.18. The van der Waals surface area contributed by atoms with Gasteiger partial charge in [-0.3, -0.25) is 20.4 Å². The lowest BCUT2D eigenvalue weighted by Gasteiger charge is -2.11. The quantitative estimate of drug-likeness (QED) is 0.272. The lowest BCUT2D eigenvalue weighted by atomic mass is 10.2. The van der Waals surface area contributed by atoms with Crippen LogP contribution in [-0.4, -0.2) is 27.4 Å². The van der Waals surface area contributed by atoms with Gasteiger partial charge in [0.2, 0.25) is 6.54 Å². The Morgan fingerprint density at radius 3 is 2.28 bits per heavy atom. The van der Waals surface area contributed by atoms with Crippen LogP contribution in [0, 0.1) is 6.92 Å². The molecule has 0 bridgehead atoms. The average molecular weight is 456 g/mol. The van der Waals surface area contributed by atoms with Gasteiger partial charge in [0.25, 0.3) is 15.9 Å². The molecule has 1 amide bonds. The molecule has 0 radical (unpaired) electrons. The Balaban J connectivity index is 1.59. The second kappa shape index (κ2) is 9.92. The number of carbonyl (C=O) groups excluding carboxylic acids is 2. The third-order valence-corrected chi connectivity index (χ3v) is 5.85. The number of pyridine rings is 1. The van der Waals surface area contributed by atoms with Gasteiger partial charge in [-0.05, 0) is 49.4 Å². The Kier molecular flexibility index (Phi) is 7.06. The topological polar surface area (TPSA) is 117 Å². The second-order valence-electron chi connectivity index (χ2n) is 6.92. The maximum absolute atomic E-state index is 12.5. The zero-order valence-electron chi connectivity index (χ0n) is 17.5. The van der Waals surface area contributed by atoms with Crippen molar-refractivity contribution in [1.82, 2.24) is 5.43 Å². The fourth-order valence-corrected chi connectivity index (χ4v) is 3.78. The molecule has 32 heavy (non-hydrogen) atoms. The van der Waals surface area contributed by atoms with Gasteiger partial charge in [0.05, 0.1) is 17.7 Å². The van der Waals surface area contributed by atoms with E-state index in [9.17, 15) is 18.0 Å². The van der Waals surface area contributed by atoms with Crippen molar-refractivity contribution < 1.29 is 27.3 Å². The summed E-state index contributed by atoms with van der Waals surface area (Å²) >= 11 is 0. The van der Waals surface area contributed by atoms with E-state index in [4.69, 9.17) is 0 Å². The molecule has 166 valence electrons. The SMILES string of the molecule is COC(=O)C[n+]1cccc(C(=O)NNc2ccc(NS(=O)(=O)c3ccc(C)cc3)cc2)c1. The van der Waals surface area contributed by atoms with Crippen LogP contribution in [0.5, 0.6) is 0 Å². The molecule has 0 aliphatic rings. The third kappa shape index (κ3) is 6.05. The number of hydrogen-bond acceptors (Lipinski definition) is 6. The van der Waals surface area contributed by atoms with E-state index in [0.29, 0.717) is 16.9 Å². The van der Waals surface area contributed by atoms with Crippen molar-refractivity contribution in [1.29, 1.82) is 0 Å². The summed E-state index contributed by atoms with van der Waals surface area (Å²) in [4.78, 5) is 23.9. The number of aromatic nitrogens is 1. The lowest BCUT2D eigenvalue weighted by molar-refractivity contribution is -0.686. The molecule has 0 spiro atoms. The molecule has 1 aromatic heterocycles. The van der Waals surface area contributed by atoms with Crippen molar-refractivity contribution >= 4 is 33.3 Å². The minimum absolute atomic E-state index is 0.00892. The van der Waals surface area contributed by atoms with Crippen LogP contribution in [0.25, 0.3) is 0 Å². The largest absolute Gasteiger partial charge is 0.464 e. The van der Waals surface area contributed by atoms with Crippen molar-refractivity contribution in [3.05, 3.63) is 84.2 Å². The molecule has 0 aliphatic carbocycles. The Hall–Kier alpha value is -3.92. The van der Waals surface area contributed by atoms with E-state index in [1.807, 2.05) is 6.92 Å². The highest BCUT2D eigenvalue weighted by molar-refractivity contribution is 7.92. The zero-order valence-corrected chi connectivity index (χ0v) is 18.3. The van der Waals surface area contributed by atoms with Crippen molar-refractivity contribution in [2.45, 2.75) is 18.4 Å². The Morgan fingerprint density at radius 2 is 1.62 bits per heavy atom. The number of sulfonamides is 1. The summed E-state index contributed by atoms with van der Waals surface area (Å²) in [6.45, 7) is 1.87. The molecule has 3 N–H and O–H groups in total. The van der Waals surface area contributed by atoms with Crippen LogP contribution >= 0.6 is 0 Å². The summed E-state index contributed by atoms with van der Waals surface area (Å²) in [7, 11) is -2.40. The molecule has 9 nitrogen and oxygen atoms in total. The van der Waals surface area contributed by atoms with Crippen LogP contribution in [-0.2, 0) is 26.1 Å². The van der Waals surface area contributed by atoms with E-state index in [-0.39, 0.29) is 11.4 Å². The number of anilines is 2. The van der Waals surface area contributed by atoms with Gasteiger partial charge in [-0.1, -0.05) is 17.7 Å². The van der Waals surface area contributed by atoms with Crippen LogP contribution < -0.4 is 20.1 Å². The molecule has 0 atom stereocenters. The number of nitrogens with zero attached hydrogens (tertiary/aromatic N) is 1. The summed E-state index contributed by atoms with van der Waals surface area (Å²) in [5.41, 5.74) is 7.56. The van der Waals surface area contributed by atoms with Gasteiger partial charge in [0.15, 0.2) is 12.4 Å². The molecule has 0 saturated heterocycles. The Labute approximate surface area is 186 Å². The fourth-order valence-electron chi connectivity index (χ4n) is 2.72. The smallest absolute Gasteiger partial charge is 0.372 e. The summed E-state index contributed by atoms with van der Waals surface area (Å²) in [5.74, 6) is -0.836. The molecule has 0 saturated carbocycles. The van der Waals surface area contributed by atoms with E-state index < -0.39 is 21.9 Å². The number of rotatable bonds is 8. The number of ether oxygens (including phenoxy) is 1. The maximum atomic E-state index is 12.5. The summed E-state index contributed by atoms with van der Waals surface area (Å²) in [6, 6.07) is 16.2. The number of benzene rings is 2. The standard InChI is InChI=1S/C22H22N4O5S/c1-16-5-11-20(12-6-16)32(29,30)25-19-9-7-18(8-10-19)23-24-22(28)17-4-3-13-26(14-17)15-21(27)31-2/h3-14,23,25H,15H2,1-2H3/p+1. The fraction of sp³-hybridized carbons (Fsp3) is 0.136. The predicted octanol–water partition coefficient (Wildman–Crippen LogP) is 2.01. The minimum Gasteiger partial charge on any atom is -0.464 e. The van der Waals surface area contributed by atoms with Crippen LogP contribution in [0.15, 0.2) is 78.0 Å². The first-order chi connectivity index (χ1) is 15.3. The van der Waals surface area contributed by atoms with E-state index in [1.165, 1.54) is 17.9 Å². The number of methoxy groups -OCH3 is 1. The summed E-state index contributed by atoms with van der Waals surface area (Å²) < 4.78 is 33.6. The first-order valence-electron chi connectivity index (χ1n) is 9.59. The minimum atomic E-state index is -3.69. The molecular weight excluding hydrogens is 432 g/mol. The second-order valence-corrected chi connectivity index (χ2v) is 8.60. The molecule has 0 unspecified atom stereocenters. The molecule has 0 fully saturated rings. The molecule has 3 aromatic rings. The monoisotopic (exact) mass is 455 g/mol. The predicted molar refractivity (Wildman–Crippen MR) is 118 cm³/mol. The highest BCUT2D eigenvalue weighted by Gasteiger charge is 2.15. The first kappa shape index (κ1) is 22.8. The maximum Gasteiger partial charge on any atom is 0.372 e. The van der Waals surface area contributed by atoms with E-state index in [0.717, 1.165) is 5.56 Å². The van der Waals surface area contributed by atoms with Crippen LogP contribution in [0.4, 0.5) is 11.4 Å². The van der Waals surface area contributed by atoms with E-state index >= 15 is 0 Å². The van der Waals surface area contributed by atoms with Gasteiger partial charge in [0, 0.05) is 11.8 Å². The van der Waals surface area contributed by atoms with Crippen molar-refractivity contribution in [3.63, 3.8) is 0 Å². The number of amides is 1. The van der Waals surface area contributed by atoms with Gasteiger partial charge in [-0.25, -0.2) is 13.2 Å². The van der Waals surface area contributed by atoms with E-state index in [2.05, 4.69) is 20.3 Å². The Morgan fingerprint density at radius 1 is 0.969 bits per heavy atom. The van der Waals surface area contributed by atoms with Gasteiger partial charge >= 0.3 is 5.97 Å². The summed E-state index contributed by atoms with van der Waals surface area (Å²) in [6.07, 6.45) is 3.17. The number of aryl methyl sites for hydroxylation is 1. The molecule has 1 heterocycles. The van der Waals surface area contributed by atoms with E-state index in [1.54, 1.807) is 66.9 Å². The third-order valence-electron chi connectivity index (χ3n) is 4.45. The van der Waals surface area contributed by atoms with Crippen LogP contribution in [0.1, 0.15) is 15.9 Å². The Bertz CT molecular complexity index is 1210. The number of hydrogen-bond donors (Lipinski definition) is 3. The van der Waals surface area contributed by atoms with Crippen LogP contribution in [0.3, 0.4) is 0 Å².